The molecular formula is C15H25N3O. The van der Waals surface area contributed by atoms with Gasteiger partial charge >= 0.3 is 0 Å². The Morgan fingerprint density at radius 1 is 1.42 bits per heavy atom. The standard InChI is InChI=1S/C15H25N3O/c1-4-6-13-9-12(10-14(16)18-13)15(19)17-8-5-7-11(2)3/h9-11H,4-8H2,1-3H3,(H2,16,18)(H,17,19). The Morgan fingerprint density at radius 2 is 2.16 bits per heavy atom. The van der Waals surface area contributed by atoms with Crippen LogP contribution >= 0.6 is 0 Å². The van der Waals surface area contributed by atoms with Crippen LogP contribution < -0.4 is 11.1 Å². The summed E-state index contributed by atoms with van der Waals surface area (Å²) in [5.74, 6) is 1.03. The summed E-state index contributed by atoms with van der Waals surface area (Å²) in [7, 11) is 0. The normalized spacial score (nSPS) is 10.7. The summed E-state index contributed by atoms with van der Waals surface area (Å²) in [6.07, 6.45) is 3.97. The smallest absolute Gasteiger partial charge is 0.251 e. The molecule has 0 fully saturated rings. The molecule has 106 valence electrons. The number of hydrogen-bond donors (Lipinski definition) is 2. The highest BCUT2D eigenvalue weighted by Crippen LogP contribution is 2.10. The summed E-state index contributed by atoms with van der Waals surface area (Å²) in [5.41, 5.74) is 7.23. The van der Waals surface area contributed by atoms with E-state index in [0.29, 0.717) is 23.8 Å². The molecule has 4 heteroatoms. The van der Waals surface area contributed by atoms with Crippen LogP contribution in [0.4, 0.5) is 5.82 Å². The van der Waals surface area contributed by atoms with Gasteiger partial charge in [0.1, 0.15) is 5.82 Å². The van der Waals surface area contributed by atoms with Crippen LogP contribution in [-0.2, 0) is 6.42 Å². The molecule has 0 bridgehead atoms. The van der Waals surface area contributed by atoms with E-state index in [4.69, 9.17) is 5.73 Å². The summed E-state index contributed by atoms with van der Waals surface area (Å²) >= 11 is 0. The Bertz CT molecular complexity index is 416. The third kappa shape index (κ3) is 5.73. The van der Waals surface area contributed by atoms with Gasteiger partial charge in [0.25, 0.3) is 5.91 Å². The molecule has 1 aromatic heterocycles. The molecule has 1 heterocycles. The molecule has 0 aromatic carbocycles. The molecule has 0 spiro atoms. The first-order chi connectivity index (χ1) is 9.02. The number of nitrogen functional groups attached to an aromatic ring is 1. The van der Waals surface area contributed by atoms with Gasteiger partial charge in [-0.2, -0.15) is 0 Å². The lowest BCUT2D eigenvalue weighted by Crippen LogP contribution is -2.25. The maximum Gasteiger partial charge on any atom is 0.251 e. The molecule has 1 amide bonds. The Morgan fingerprint density at radius 3 is 2.79 bits per heavy atom. The SMILES string of the molecule is CCCc1cc(C(=O)NCCCC(C)C)cc(N)n1. The summed E-state index contributed by atoms with van der Waals surface area (Å²) in [6.45, 7) is 7.16. The van der Waals surface area contributed by atoms with Crippen molar-refractivity contribution in [2.45, 2.75) is 46.5 Å². The van der Waals surface area contributed by atoms with E-state index in [1.807, 2.05) is 6.07 Å². The van der Waals surface area contributed by atoms with Crippen molar-refractivity contribution in [2.24, 2.45) is 5.92 Å². The molecule has 19 heavy (non-hydrogen) atoms. The minimum atomic E-state index is -0.0600. The Kier molecular flexibility index (Phi) is 6.33. The molecule has 0 aliphatic heterocycles. The van der Waals surface area contributed by atoms with E-state index in [2.05, 4.69) is 31.1 Å². The van der Waals surface area contributed by atoms with Gasteiger partial charge in [0, 0.05) is 17.8 Å². The molecule has 0 atom stereocenters. The number of hydrogen-bond acceptors (Lipinski definition) is 3. The average molecular weight is 263 g/mol. The van der Waals surface area contributed by atoms with Crippen LogP contribution in [-0.4, -0.2) is 17.4 Å². The molecule has 1 rings (SSSR count). The van der Waals surface area contributed by atoms with E-state index in [0.717, 1.165) is 31.4 Å². The Hall–Kier alpha value is -1.58. The van der Waals surface area contributed by atoms with Gasteiger partial charge in [0.15, 0.2) is 0 Å². The highest BCUT2D eigenvalue weighted by atomic mass is 16.1. The van der Waals surface area contributed by atoms with Crippen molar-refractivity contribution in [3.05, 3.63) is 23.4 Å². The second-order valence-corrected chi connectivity index (χ2v) is 5.31. The van der Waals surface area contributed by atoms with Crippen LogP contribution in [0.5, 0.6) is 0 Å². The molecule has 3 N–H and O–H groups in total. The zero-order valence-corrected chi connectivity index (χ0v) is 12.2. The monoisotopic (exact) mass is 263 g/mol. The first-order valence-corrected chi connectivity index (χ1v) is 7.07. The molecule has 0 radical (unpaired) electrons. The number of rotatable bonds is 7. The Balaban J connectivity index is 2.56. The predicted octanol–water partition coefficient (Wildman–Crippen LogP) is 2.78. The van der Waals surface area contributed by atoms with Crippen LogP contribution in [0.1, 0.15) is 56.1 Å². The van der Waals surface area contributed by atoms with Crippen molar-refractivity contribution in [3.63, 3.8) is 0 Å². The van der Waals surface area contributed by atoms with Crippen LogP contribution in [0, 0.1) is 5.92 Å². The molecule has 0 saturated heterocycles. The number of nitrogens with zero attached hydrogens (tertiary/aromatic N) is 1. The quantitative estimate of drug-likeness (QED) is 0.743. The van der Waals surface area contributed by atoms with E-state index in [9.17, 15) is 4.79 Å². The summed E-state index contributed by atoms with van der Waals surface area (Å²) < 4.78 is 0. The molecular weight excluding hydrogens is 238 g/mol. The molecule has 4 nitrogen and oxygen atoms in total. The molecule has 0 saturated carbocycles. The van der Waals surface area contributed by atoms with Crippen molar-refractivity contribution in [3.8, 4) is 0 Å². The fourth-order valence-corrected chi connectivity index (χ4v) is 1.94. The van der Waals surface area contributed by atoms with Crippen molar-refractivity contribution in [2.75, 3.05) is 12.3 Å². The molecule has 0 unspecified atom stereocenters. The van der Waals surface area contributed by atoms with E-state index in [1.165, 1.54) is 0 Å². The van der Waals surface area contributed by atoms with Gasteiger partial charge in [-0.1, -0.05) is 27.2 Å². The molecule has 0 aliphatic carbocycles. The van der Waals surface area contributed by atoms with Gasteiger partial charge in [-0.25, -0.2) is 4.98 Å². The number of anilines is 1. The van der Waals surface area contributed by atoms with E-state index in [1.54, 1.807) is 6.07 Å². The average Bonchev–Trinajstić information content (AvgIpc) is 2.34. The lowest BCUT2D eigenvalue weighted by Gasteiger charge is -2.08. The fourth-order valence-electron chi connectivity index (χ4n) is 1.94. The van der Waals surface area contributed by atoms with Crippen LogP contribution in [0.3, 0.4) is 0 Å². The minimum Gasteiger partial charge on any atom is -0.384 e. The minimum absolute atomic E-state index is 0.0600. The third-order valence-electron chi connectivity index (χ3n) is 2.91. The van der Waals surface area contributed by atoms with Crippen LogP contribution in [0.15, 0.2) is 12.1 Å². The largest absolute Gasteiger partial charge is 0.384 e. The third-order valence-corrected chi connectivity index (χ3v) is 2.91. The van der Waals surface area contributed by atoms with Crippen molar-refractivity contribution in [1.82, 2.24) is 10.3 Å². The zero-order chi connectivity index (χ0) is 14.3. The number of nitrogens with one attached hydrogen (secondary N) is 1. The number of amides is 1. The van der Waals surface area contributed by atoms with Gasteiger partial charge in [-0.15, -0.1) is 0 Å². The lowest BCUT2D eigenvalue weighted by atomic mass is 10.1. The first kappa shape index (κ1) is 15.5. The number of aryl methyl sites for hydroxylation is 1. The van der Waals surface area contributed by atoms with E-state index in [-0.39, 0.29) is 5.91 Å². The van der Waals surface area contributed by atoms with Gasteiger partial charge in [0.2, 0.25) is 0 Å². The van der Waals surface area contributed by atoms with Crippen molar-refractivity contribution >= 4 is 11.7 Å². The predicted molar refractivity (Wildman–Crippen MR) is 79.0 cm³/mol. The summed E-state index contributed by atoms with van der Waals surface area (Å²) in [4.78, 5) is 16.2. The van der Waals surface area contributed by atoms with Gasteiger partial charge in [0.05, 0.1) is 0 Å². The summed E-state index contributed by atoms with van der Waals surface area (Å²) in [5, 5.41) is 2.93. The highest BCUT2D eigenvalue weighted by molar-refractivity contribution is 5.94. The number of nitrogens with two attached hydrogens (primary N) is 1. The first-order valence-electron chi connectivity index (χ1n) is 7.07. The fraction of sp³-hybridized carbons (Fsp3) is 0.600. The lowest BCUT2D eigenvalue weighted by molar-refractivity contribution is 0.0952. The number of pyridine rings is 1. The topological polar surface area (TPSA) is 68.0 Å². The maximum atomic E-state index is 12.0. The van der Waals surface area contributed by atoms with Crippen molar-refractivity contribution < 1.29 is 4.79 Å². The number of aromatic nitrogens is 1. The molecule has 1 aromatic rings. The second-order valence-electron chi connectivity index (χ2n) is 5.31. The number of carbonyl (C=O) groups excluding carboxylic acids is 1. The van der Waals surface area contributed by atoms with Gasteiger partial charge in [-0.05, 0) is 37.3 Å². The molecule has 0 aliphatic rings. The Labute approximate surface area is 115 Å². The number of carbonyl (C=O) groups is 1. The highest BCUT2D eigenvalue weighted by Gasteiger charge is 2.08. The zero-order valence-electron chi connectivity index (χ0n) is 12.2. The van der Waals surface area contributed by atoms with Gasteiger partial charge < -0.3 is 11.1 Å². The van der Waals surface area contributed by atoms with Crippen LogP contribution in [0.2, 0.25) is 0 Å². The summed E-state index contributed by atoms with van der Waals surface area (Å²) in [6, 6.07) is 3.47. The van der Waals surface area contributed by atoms with E-state index >= 15 is 0 Å². The van der Waals surface area contributed by atoms with Gasteiger partial charge in [-0.3, -0.25) is 4.79 Å². The van der Waals surface area contributed by atoms with Crippen molar-refractivity contribution in [1.29, 1.82) is 0 Å². The maximum absolute atomic E-state index is 12.0. The van der Waals surface area contributed by atoms with Crippen LogP contribution in [0.25, 0.3) is 0 Å². The van der Waals surface area contributed by atoms with E-state index < -0.39 is 0 Å². The second kappa shape index (κ2) is 7.77.